The quantitative estimate of drug-likeness (QED) is 0.880. The number of ether oxygens (including phenoxy) is 1. The van der Waals surface area contributed by atoms with Gasteiger partial charge in [-0.25, -0.2) is 8.78 Å². The molecule has 0 aliphatic heterocycles. The van der Waals surface area contributed by atoms with E-state index in [0.717, 1.165) is 6.07 Å². The number of aliphatic hydroxyl groups excluding tert-OH is 1. The lowest BCUT2D eigenvalue weighted by atomic mass is 10.1. The van der Waals surface area contributed by atoms with Crippen LogP contribution in [0.25, 0.3) is 0 Å². The Kier molecular flexibility index (Phi) is 4.55. The number of hydrogen-bond acceptors (Lipinski definition) is 3. The van der Waals surface area contributed by atoms with E-state index in [1.807, 2.05) is 0 Å². The van der Waals surface area contributed by atoms with Crippen molar-refractivity contribution in [1.82, 2.24) is 0 Å². The summed E-state index contributed by atoms with van der Waals surface area (Å²) in [6.07, 6.45) is -2.69. The first kappa shape index (κ1) is 13.6. The molecule has 1 aromatic rings. The van der Waals surface area contributed by atoms with E-state index in [9.17, 15) is 13.9 Å². The third-order valence-corrected chi connectivity index (χ3v) is 2.41. The molecule has 0 aliphatic rings. The van der Waals surface area contributed by atoms with Gasteiger partial charge in [-0.2, -0.15) is 5.26 Å². The summed E-state index contributed by atoms with van der Waals surface area (Å²) in [5, 5.41) is 18.1. The Hall–Kier alpha value is -1.51. The lowest BCUT2D eigenvalue weighted by Gasteiger charge is -2.20. The maximum absolute atomic E-state index is 13.4. The number of hydrogen-bond donors (Lipinski definition) is 1. The van der Waals surface area contributed by atoms with Gasteiger partial charge in [-0.05, 0) is 19.9 Å². The molecule has 3 nitrogen and oxygen atoms in total. The second-order valence-corrected chi connectivity index (χ2v) is 3.73. The molecule has 0 bridgehead atoms. The molecule has 0 amide bonds. The Morgan fingerprint density at radius 3 is 2.53 bits per heavy atom. The predicted octanol–water partition coefficient (Wildman–Crippen LogP) is 2.32. The minimum Gasteiger partial charge on any atom is -0.391 e. The minimum atomic E-state index is -1.24. The largest absolute Gasteiger partial charge is 0.391 e. The van der Waals surface area contributed by atoms with Crippen molar-refractivity contribution in [1.29, 1.82) is 5.26 Å². The van der Waals surface area contributed by atoms with Crippen LogP contribution in [0.1, 0.15) is 25.5 Å². The van der Waals surface area contributed by atoms with Crippen LogP contribution >= 0.6 is 0 Å². The summed E-state index contributed by atoms with van der Waals surface area (Å²) in [7, 11) is 0. The van der Waals surface area contributed by atoms with Gasteiger partial charge in [-0.15, -0.1) is 0 Å². The van der Waals surface area contributed by atoms with Crippen LogP contribution in [0.5, 0.6) is 0 Å². The molecule has 5 heteroatoms. The smallest absolute Gasteiger partial charge is 0.172 e. The first-order valence-electron chi connectivity index (χ1n) is 5.14. The predicted molar refractivity (Wildman–Crippen MR) is 56.9 cm³/mol. The van der Waals surface area contributed by atoms with Crippen molar-refractivity contribution in [2.45, 2.75) is 32.2 Å². The fraction of sp³-hybridized carbons (Fsp3) is 0.417. The highest BCUT2D eigenvalue weighted by atomic mass is 19.2. The van der Waals surface area contributed by atoms with Crippen LogP contribution in [-0.2, 0) is 4.74 Å². The highest BCUT2D eigenvalue weighted by Gasteiger charge is 2.22. The number of halogens is 2. The van der Waals surface area contributed by atoms with Gasteiger partial charge < -0.3 is 9.84 Å². The van der Waals surface area contributed by atoms with Crippen LogP contribution in [0.3, 0.4) is 0 Å². The Bertz CT molecular complexity index is 429. The average Bonchev–Trinajstić information content (AvgIpc) is 2.29. The summed E-state index contributed by atoms with van der Waals surface area (Å²) in [4.78, 5) is 0. The monoisotopic (exact) mass is 241 g/mol. The second kappa shape index (κ2) is 5.71. The van der Waals surface area contributed by atoms with Gasteiger partial charge in [0.15, 0.2) is 17.7 Å². The SMILES string of the molecule is CC(O)C(C)OC(C#N)c1cccc(F)c1F. The molecule has 92 valence electrons. The van der Waals surface area contributed by atoms with E-state index in [2.05, 4.69) is 0 Å². The summed E-state index contributed by atoms with van der Waals surface area (Å²) in [6, 6.07) is 5.27. The van der Waals surface area contributed by atoms with E-state index in [1.165, 1.54) is 19.1 Å². The molecule has 0 spiro atoms. The number of aliphatic hydroxyl groups is 1. The van der Waals surface area contributed by atoms with Crippen LogP contribution in [-0.4, -0.2) is 17.3 Å². The van der Waals surface area contributed by atoms with Crippen molar-refractivity contribution in [3.8, 4) is 6.07 Å². The topological polar surface area (TPSA) is 53.2 Å². The molecule has 0 fully saturated rings. The highest BCUT2D eigenvalue weighted by molar-refractivity contribution is 5.25. The molecule has 0 radical (unpaired) electrons. The van der Waals surface area contributed by atoms with Gasteiger partial charge in [-0.1, -0.05) is 12.1 Å². The highest BCUT2D eigenvalue weighted by Crippen LogP contribution is 2.23. The van der Waals surface area contributed by atoms with Crippen LogP contribution in [0, 0.1) is 23.0 Å². The number of benzene rings is 1. The van der Waals surface area contributed by atoms with Gasteiger partial charge in [0.1, 0.15) is 0 Å². The third kappa shape index (κ3) is 3.22. The molecule has 1 rings (SSSR count). The van der Waals surface area contributed by atoms with Crippen molar-refractivity contribution in [2.75, 3.05) is 0 Å². The van der Waals surface area contributed by atoms with Crippen LogP contribution < -0.4 is 0 Å². The van der Waals surface area contributed by atoms with Gasteiger partial charge in [0.25, 0.3) is 0 Å². The molecule has 0 heterocycles. The normalized spacial score (nSPS) is 16.0. The van der Waals surface area contributed by atoms with E-state index in [1.54, 1.807) is 13.0 Å². The van der Waals surface area contributed by atoms with Crippen molar-refractivity contribution >= 4 is 0 Å². The number of nitrogens with zero attached hydrogens (tertiary/aromatic N) is 1. The first-order chi connectivity index (χ1) is 7.97. The van der Waals surface area contributed by atoms with Crippen molar-refractivity contribution in [3.05, 3.63) is 35.4 Å². The maximum Gasteiger partial charge on any atom is 0.172 e. The summed E-state index contributed by atoms with van der Waals surface area (Å²) in [5.41, 5.74) is -0.167. The lowest BCUT2D eigenvalue weighted by Crippen LogP contribution is -2.25. The van der Waals surface area contributed by atoms with Crippen molar-refractivity contribution < 1.29 is 18.6 Å². The van der Waals surface area contributed by atoms with Crippen molar-refractivity contribution in [3.63, 3.8) is 0 Å². The average molecular weight is 241 g/mol. The molecular formula is C12H13F2NO2. The first-order valence-corrected chi connectivity index (χ1v) is 5.14. The molecular weight excluding hydrogens is 228 g/mol. The van der Waals surface area contributed by atoms with Gasteiger partial charge in [0, 0.05) is 5.56 Å². The number of rotatable bonds is 4. The molecule has 1 N–H and O–H groups in total. The van der Waals surface area contributed by atoms with E-state index in [4.69, 9.17) is 10.00 Å². The second-order valence-electron chi connectivity index (χ2n) is 3.73. The summed E-state index contributed by atoms with van der Waals surface area (Å²) < 4.78 is 31.6. The fourth-order valence-electron chi connectivity index (χ4n) is 1.22. The maximum atomic E-state index is 13.4. The molecule has 3 unspecified atom stereocenters. The molecule has 0 saturated carbocycles. The van der Waals surface area contributed by atoms with Gasteiger partial charge >= 0.3 is 0 Å². The molecule has 0 aliphatic carbocycles. The van der Waals surface area contributed by atoms with Crippen LogP contribution in [0.2, 0.25) is 0 Å². The molecule has 17 heavy (non-hydrogen) atoms. The zero-order chi connectivity index (χ0) is 13.0. The summed E-state index contributed by atoms with van der Waals surface area (Å²) in [6.45, 7) is 3.03. The standard InChI is InChI=1S/C12H13F2NO2/c1-7(16)8(2)17-11(6-15)9-4-3-5-10(13)12(9)14/h3-5,7-8,11,16H,1-2H3. The van der Waals surface area contributed by atoms with Crippen molar-refractivity contribution in [2.24, 2.45) is 0 Å². The Morgan fingerprint density at radius 2 is 2.00 bits per heavy atom. The molecule has 1 aromatic carbocycles. The van der Waals surface area contributed by atoms with Gasteiger partial charge in [-0.3, -0.25) is 0 Å². The molecule has 0 saturated heterocycles. The zero-order valence-electron chi connectivity index (χ0n) is 9.52. The minimum absolute atomic E-state index is 0.167. The fourth-order valence-corrected chi connectivity index (χ4v) is 1.22. The Morgan fingerprint density at radius 1 is 1.35 bits per heavy atom. The van der Waals surface area contributed by atoms with Crippen LogP contribution in [0.4, 0.5) is 8.78 Å². The zero-order valence-corrected chi connectivity index (χ0v) is 9.52. The van der Waals surface area contributed by atoms with E-state index < -0.39 is 29.9 Å². The molecule has 3 atom stereocenters. The Labute approximate surface area is 98.3 Å². The molecule has 0 aromatic heterocycles. The van der Waals surface area contributed by atoms with Gasteiger partial charge in [0.2, 0.25) is 0 Å². The van der Waals surface area contributed by atoms with Crippen LogP contribution in [0.15, 0.2) is 18.2 Å². The lowest BCUT2D eigenvalue weighted by molar-refractivity contribution is -0.0437. The number of nitriles is 1. The van der Waals surface area contributed by atoms with E-state index in [-0.39, 0.29) is 5.56 Å². The summed E-state index contributed by atoms with van der Waals surface area (Å²) in [5.74, 6) is -2.13. The van der Waals surface area contributed by atoms with E-state index >= 15 is 0 Å². The summed E-state index contributed by atoms with van der Waals surface area (Å²) >= 11 is 0. The van der Waals surface area contributed by atoms with E-state index in [0.29, 0.717) is 0 Å². The third-order valence-electron chi connectivity index (χ3n) is 2.41. The Balaban J connectivity index is 2.95. The van der Waals surface area contributed by atoms with Gasteiger partial charge in [0.05, 0.1) is 18.3 Å².